The molecule has 0 fully saturated rings. The summed E-state index contributed by atoms with van der Waals surface area (Å²) in [7, 11) is 0. The summed E-state index contributed by atoms with van der Waals surface area (Å²) in [6, 6.07) is 13.6. The van der Waals surface area contributed by atoms with Crippen LogP contribution in [0.2, 0.25) is 0 Å². The van der Waals surface area contributed by atoms with E-state index in [0.29, 0.717) is 16.1 Å². The molecule has 3 rings (SSSR count). The summed E-state index contributed by atoms with van der Waals surface area (Å²) in [6.45, 7) is 2.07. The summed E-state index contributed by atoms with van der Waals surface area (Å²) >= 11 is 4.82. The Morgan fingerprint density at radius 3 is 2.82 bits per heavy atom. The van der Waals surface area contributed by atoms with Crippen molar-refractivity contribution >= 4 is 38.6 Å². The second-order valence-electron chi connectivity index (χ2n) is 4.95. The zero-order valence-electron chi connectivity index (χ0n) is 11.9. The lowest BCUT2D eigenvalue weighted by atomic mass is 10.1. The average molecular weight is 376 g/mol. The smallest absolute Gasteiger partial charge is 0.280 e. The van der Waals surface area contributed by atoms with Gasteiger partial charge in [0.25, 0.3) is 5.56 Å². The molecule has 2 aromatic carbocycles. The molecule has 0 saturated carbocycles. The minimum atomic E-state index is -0.237. The SMILES string of the molecule is Cc1ccccc1CSc1nc2ccc(Br)cc2c(=O)n1N. The fourth-order valence-corrected chi connectivity index (χ4v) is 3.52. The van der Waals surface area contributed by atoms with Crippen LogP contribution in [0.15, 0.2) is 56.9 Å². The molecular formula is C16H14BrN3OS. The van der Waals surface area contributed by atoms with Crippen molar-refractivity contribution in [3.05, 3.63) is 68.4 Å². The van der Waals surface area contributed by atoms with E-state index >= 15 is 0 Å². The Bertz CT molecular complexity index is 908. The molecule has 1 heterocycles. The molecule has 0 aliphatic carbocycles. The van der Waals surface area contributed by atoms with Gasteiger partial charge in [0, 0.05) is 10.2 Å². The fourth-order valence-electron chi connectivity index (χ4n) is 2.17. The van der Waals surface area contributed by atoms with Gasteiger partial charge in [-0.3, -0.25) is 4.79 Å². The Kier molecular flexibility index (Phi) is 4.22. The van der Waals surface area contributed by atoms with Gasteiger partial charge in [0.1, 0.15) is 0 Å². The van der Waals surface area contributed by atoms with Crippen molar-refractivity contribution < 1.29 is 0 Å². The molecule has 0 atom stereocenters. The first kappa shape index (κ1) is 15.1. The van der Waals surface area contributed by atoms with Crippen LogP contribution in [0.5, 0.6) is 0 Å². The number of fused-ring (bicyclic) bond motifs is 1. The number of aryl methyl sites for hydroxylation is 1. The molecule has 0 aliphatic rings. The molecule has 0 radical (unpaired) electrons. The molecule has 1 aromatic heterocycles. The summed E-state index contributed by atoms with van der Waals surface area (Å²) in [5, 5.41) is 1.03. The number of nitrogens with two attached hydrogens (primary N) is 1. The van der Waals surface area contributed by atoms with Crippen LogP contribution in [0.3, 0.4) is 0 Å². The van der Waals surface area contributed by atoms with E-state index in [1.165, 1.54) is 22.9 Å². The predicted molar refractivity (Wildman–Crippen MR) is 94.6 cm³/mol. The van der Waals surface area contributed by atoms with Crippen molar-refractivity contribution in [1.82, 2.24) is 9.66 Å². The molecule has 112 valence electrons. The van der Waals surface area contributed by atoms with Crippen LogP contribution in [0.1, 0.15) is 11.1 Å². The quantitative estimate of drug-likeness (QED) is 0.432. The second kappa shape index (κ2) is 6.14. The maximum absolute atomic E-state index is 12.3. The number of hydrogen-bond acceptors (Lipinski definition) is 4. The van der Waals surface area contributed by atoms with E-state index in [1.54, 1.807) is 6.07 Å². The van der Waals surface area contributed by atoms with Gasteiger partial charge in [-0.25, -0.2) is 9.66 Å². The van der Waals surface area contributed by atoms with Crippen LogP contribution in [-0.4, -0.2) is 9.66 Å². The highest BCUT2D eigenvalue weighted by molar-refractivity contribution is 9.10. The third-order valence-corrected chi connectivity index (χ3v) is 4.94. The zero-order valence-corrected chi connectivity index (χ0v) is 14.3. The highest BCUT2D eigenvalue weighted by Crippen LogP contribution is 2.23. The minimum absolute atomic E-state index is 0.237. The van der Waals surface area contributed by atoms with Gasteiger partial charge in [0.15, 0.2) is 5.16 Å². The Morgan fingerprint density at radius 2 is 2.05 bits per heavy atom. The number of nitrogen functional groups attached to an aromatic ring is 1. The number of aromatic nitrogens is 2. The highest BCUT2D eigenvalue weighted by Gasteiger charge is 2.10. The van der Waals surface area contributed by atoms with E-state index in [9.17, 15) is 4.79 Å². The molecule has 0 amide bonds. The van der Waals surface area contributed by atoms with Gasteiger partial charge in [-0.1, -0.05) is 52.0 Å². The molecule has 2 N–H and O–H groups in total. The number of thioether (sulfide) groups is 1. The van der Waals surface area contributed by atoms with Crippen LogP contribution < -0.4 is 11.4 Å². The molecule has 0 unspecified atom stereocenters. The maximum Gasteiger partial charge on any atom is 0.280 e. The van der Waals surface area contributed by atoms with Crippen LogP contribution in [0, 0.1) is 6.92 Å². The number of hydrogen-bond donors (Lipinski definition) is 1. The minimum Gasteiger partial charge on any atom is -0.334 e. The van der Waals surface area contributed by atoms with Gasteiger partial charge in [0.2, 0.25) is 0 Å². The third kappa shape index (κ3) is 2.89. The van der Waals surface area contributed by atoms with Gasteiger partial charge in [-0.2, -0.15) is 0 Å². The van der Waals surface area contributed by atoms with Crippen molar-refractivity contribution in [1.29, 1.82) is 0 Å². The molecule has 3 aromatic rings. The number of benzene rings is 2. The molecule has 0 aliphatic heterocycles. The summed E-state index contributed by atoms with van der Waals surface area (Å²) in [6.07, 6.45) is 0. The van der Waals surface area contributed by atoms with Crippen molar-refractivity contribution in [2.75, 3.05) is 5.84 Å². The molecule has 0 bridgehead atoms. The number of rotatable bonds is 3. The Labute approximate surface area is 140 Å². The van der Waals surface area contributed by atoms with Crippen molar-refractivity contribution in [3.8, 4) is 0 Å². The monoisotopic (exact) mass is 375 g/mol. The molecule has 6 heteroatoms. The van der Waals surface area contributed by atoms with Crippen LogP contribution in [0.25, 0.3) is 10.9 Å². The summed E-state index contributed by atoms with van der Waals surface area (Å²) in [5.41, 5.74) is 2.84. The highest BCUT2D eigenvalue weighted by atomic mass is 79.9. The van der Waals surface area contributed by atoms with Gasteiger partial charge in [0.05, 0.1) is 10.9 Å². The van der Waals surface area contributed by atoms with E-state index in [4.69, 9.17) is 5.84 Å². The predicted octanol–water partition coefficient (Wildman–Crippen LogP) is 3.47. The summed E-state index contributed by atoms with van der Waals surface area (Å²) in [4.78, 5) is 16.8. The molecule has 22 heavy (non-hydrogen) atoms. The average Bonchev–Trinajstić information content (AvgIpc) is 2.51. The van der Waals surface area contributed by atoms with E-state index in [0.717, 1.165) is 14.9 Å². The van der Waals surface area contributed by atoms with Crippen molar-refractivity contribution in [2.24, 2.45) is 0 Å². The van der Waals surface area contributed by atoms with Crippen molar-refractivity contribution in [3.63, 3.8) is 0 Å². The summed E-state index contributed by atoms with van der Waals surface area (Å²) in [5.74, 6) is 6.63. The lowest BCUT2D eigenvalue weighted by molar-refractivity contribution is 0.779. The second-order valence-corrected chi connectivity index (χ2v) is 6.80. The van der Waals surface area contributed by atoms with Crippen LogP contribution >= 0.6 is 27.7 Å². The fraction of sp³-hybridized carbons (Fsp3) is 0.125. The van der Waals surface area contributed by atoms with E-state index in [-0.39, 0.29) is 5.56 Å². The van der Waals surface area contributed by atoms with Gasteiger partial charge < -0.3 is 5.84 Å². The topological polar surface area (TPSA) is 60.9 Å². The van der Waals surface area contributed by atoms with Crippen molar-refractivity contribution in [2.45, 2.75) is 17.8 Å². The first-order valence-corrected chi connectivity index (χ1v) is 8.49. The Morgan fingerprint density at radius 1 is 1.27 bits per heavy atom. The Balaban J connectivity index is 1.98. The largest absolute Gasteiger partial charge is 0.334 e. The van der Waals surface area contributed by atoms with E-state index < -0.39 is 0 Å². The third-order valence-electron chi connectivity index (χ3n) is 3.45. The molecule has 0 saturated heterocycles. The first-order valence-electron chi connectivity index (χ1n) is 6.71. The van der Waals surface area contributed by atoms with Gasteiger partial charge in [-0.05, 0) is 36.2 Å². The normalized spacial score (nSPS) is 11.0. The maximum atomic E-state index is 12.3. The van der Waals surface area contributed by atoms with E-state index in [1.807, 2.05) is 24.3 Å². The van der Waals surface area contributed by atoms with Crippen LogP contribution in [-0.2, 0) is 5.75 Å². The summed E-state index contributed by atoms with van der Waals surface area (Å²) < 4.78 is 1.96. The zero-order chi connectivity index (χ0) is 15.7. The number of nitrogens with zero attached hydrogens (tertiary/aromatic N) is 2. The molecular weight excluding hydrogens is 362 g/mol. The first-order chi connectivity index (χ1) is 10.6. The van der Waals surface area contributed by atoms with E-state index in [2.05, 4.69) is 40.0 Å². The van der Waals surface area contributed by atoms with Gasteiger partial charge >= 0.3 is 0 Å². The van der Waals surface area contributed by atoms with Gasteiger partial charge in [-0.15, -0.1) is 0 Å². The number of halogens is 1. The standard InChI is InChI=1S/C16H14BrN3OS/c1-10-4-2-3-5-11(10)9-22-16-19-14-7-6-12(17)8-13(14)15(21)20(16)18/h2-8H,9,18H2,1H3. The molecule has 4 nitrogen and oxygen atoms in total. The Hall–Kier alpha value is -1.79. The lowest BCUT2D eigenvalue weighted by Gasteiger charge is -2.09. The molecule has 0 spiro atoms. The van der Waals surface area contributed by atoms with Crippen LogP contribution in [0.4, 0.5) is 0 Å². The lowest BCUT2D eigenvalue weighted by Crippen LogP contribution is -2.29.